The highest BCUT2D eigenvalue weighted by Crippen LogP contribution is 2.47. The van der Waals surface area contributed by atoms with Gasteiger partial charge in [0.25, 0.3) is 0 Å². The third-order valence-corrected chi connectivity index (χ3v) is 10.6. The number of rotatable bonds is 4. The fourth-order valence-corrected chi connectivity index (χ4v) is 8.09. The van der Waals surface area contributed by atoms with Gasteiger partial charge in [-0.3, -0.25) is 9.98 Å². The van der Waals surface area contributed by atoms with E-state index in [-0.39, 0.29) is 23.8 Å². The molecule has 1 aromatic heterocycles. The maximum atomic E-state index is 5.29. The van der Waals surface area contributed by atoms with E-state index in [0.29, 0.717) is 0 Å². The largest absolute Gasteiger partial charge is 0.274 e. The Balaban J connectivity index is 0.962. The van der Waals surface area contributed by atoms with Gasteiger partial charge in [-0.15, -0.1) is 0 Å². The van der Waals surface area contributed by atoms with E-state index >= 15 is 0 Å². The second-order valence-electron chi connectivity index (χ2n) is 13.5. The van der Waals surface area contributed by atoms with Gasteiger partial charge >= 0.3 is 0 Å². The lowest BCUT2D eigenvalue weighted by atomic mass is 9.70. The summed E-state index contributed by atoms with van der Waals surface area (Å²) in [5.74, 6) is 0.627. The quantitative estimate of drug-likeness (QED) is 0.189. The van der Waals surface area contributed by atoms with Crippen molar-refractivity contribution < 1.29 is 0 Å². The number of aromatic nitrogens is 1. The van der Waals surface area contributed by atoms with Crippen molar-refractivity contribution in [2.75, 3.05) is 0 Å². The minimum Gasteiger partial charge on any atom is -0.274 e. The molecule has 4 atom stereocenters. The number of benzene rings is 5. The molecular weight excluding hydrogens is 607 g/mol. The molecule has 10 rings (SSSR count). The van der Waals surface area contributed by atoms with Crippen molar-refractivity contribution >= 4 is 29.3 Å². The molecule has 0 spiro atoms. The van der Waals surface area contributed by atoms with Crippen molar-refractivity contribution in [2.45, 2.75) is 12.0 Å². The molecule has 0 bridgehead atoms. The SMILES string of the molecule is C1=CC2C=Cc3ccc(-c4ccccc4)nc3C2N=C1c1ccc(-c2cccc(C3=Nc4ccccc4C4c5ccccc5C=CC34)c2)cc1. The number of pyridine rings is 1. The third kappa shape index (κ3) is 4.85. The van der Waals surface area contributed by atoms with Crippen LogP contribution < -0.4 is 0 Å². The molecule has 3 heterocycles. The Morgan fingerprint density at radius 3 is 2.10 bits per heavy atom. The first-order chi connectivity index (χ1) is 24.8. The Morgan fingerprint density at radius 1 is 0.480 bits per heavy atom. The van der Waals surface area contributed by atoms with Gasteiger partial charge in [0.15, 0.2) is 0 Å². The van der Waals surface area contributed by atoms with Crippen LogP contribution in [0.1, 0.15) is 51.0 Å². The molecule has 0 radical (unpaired) electrons. The summed E-state index contributed by atoms with van der Waals surface area (Å²) in [5.41, 5.74) is 16.1. The van der Waals surface area contributed by atoms with E-state index in [9.17, 15) is 0 Å². The molecule has 4 aliphatic rings. The summed E-state index contributed by atoms with van der Waals surface area (Å²) in [6.07, 6.45) is 13.5. The van der Waals surface area contributed by atoms with Gasteiger partial charge in [0.05, 0.1) is 28.5 Å². The summed E-state index contributed by atoms with van der Waals surface area (Å²) in [6.45, 7) is 0. The van der Waals surface area contributed by atoms with E-state index in [1.54, 1.807) is 0 Å². The highest BCUT2D eigenvalue weighted by Gasteiger charge is 2.36. The summed E-state index contributed by atoms with van der Waals surface area (Å²) in [7, 11) is 0. The van der Waals surface area contributed by atoms with Crippen LogP contribution >= 0.6 is 0 Å². The second kappa shape index (κ2) is 11.7. The number of hydrogen-bond acceptors (Lipinski definition) is 3. The van der Waals surface area contributed by atoms with Crippen molar-refractivity contribution in [3.05, 3.63) is 203 Å². The van der Waals surface area contributed by atoms with E-state index in [2.05, 4.69) is 170 Å². The van der Waals surface area contributed by atoms with Crippen molar-refractivity contribution in [3.8, 4) is 22.4 Å². The standard InChI is InChI=1S/C47H33N3/c1-2-10-32(11-3-1)41-27-24-34-21-22-35-25-28-42(49-47(35)46(34)48-41)33-19-17-30(18-20-33)36-12-8-13-37(29-36)45-40-26-23-31-9-4-5-14-38(31)44(40)39-15-6-7-16-43(39)50-45/h1-29,35,40,44,47H. The lowest BCUT2D eigenvalue weighted by Crippen LogP contribution is -2.28. The molecule has 5 aromatic carbocycles. The Bertz CT molecular complexity index is 2450. The van der Waals surface area contributed by atoms with Crippen LogP contribution in [0.5, 0.6) is 0 Å². The van der Waals surface area contributed by atoms with Gasteiger partial charge in [0.2, 0.25) is 0 Å². The van der Waals surface area contributed by atoms with Gasteiger partial charge in [0.1, 0.15) is 6.04 Å². The Morgan fingerprint density at radius 2 is 1.20 bits per heavy atom. The first-order valence-electron chi connectivity index (χ1n) is 17.4. The van der Waals surface area contributed by atoms with Crippen LogP contribution in [0, 0.1) is 11.8 Å². The van der Waals surface area contributed by atoms with Crippen LogP contribution in [-0.2, 0) is 0 Å². The molecule has 3 heteroatoms. The molecule has 50 heavy (non-hydrogen) atoms. The number of allylic oxidation sites excluding steroid dienone is 2. The monoisotopic (exact) mass is 639 g/mol. The zero-order valence-corrected chi connectivity index (χ0v) is 27.4. The molecule has 2 aliphatic carbocycles. The average molecular weight is 640 g/mol. The first-order valence-corrected chi connectivity index (χ1v) is 17.4. The maximum Gasteiger partial charge on any atom is 0.103 e. The second-order valence-corrected chi connectivity index (χ2v) is 13.5. The van der Waals surface area contributed by atoms with E-state index in [4.69, 9.17) is 15.0 Å². The lowest BCUT2D eigenvalue weighted by Gasteiger charge is -2.35. The number of fused-ring (bicyclic) bond motifs is 8. The zero-order valence-electron chi connectivity index (χ0n) is 27.4. The van der Waals surface area contributed by atoms with Crippen LogP contribution in [0.4, 0.5) is 5.69 Å². The zero-order chi connectivity index (χ0) is 33.0. The van der Waals surface area contributed by atoms with Crippen molar-refractivity contribution in [2.24, 2.45) is 21.8 Å². The third-order valence-electron chi connectivity index (χ3n) is 10.6. The van der Waals surface area contributed by atoms with Crippen LogP contribution in [-0.4, -0.2) is 16.4 Å². The number of nitrogens with zero attached hydrogens (tertiary/aromatic N) is 3. The topological polar surface area (TPSA) is 37.6 Å². The van der Waals surface area contributed by atoms with Crippen molar-refractivity contribution in [1.29, 1.82) is 0 Å². The Kier molecular flexibility index (Phi) is 6.76. The Hall–Kier alpha value is -6.19. The molecule has 0 saturated carbocycles. The number of para-hydroxylation sites is 1. The molecule has 6 aromatic rings. The smallest absolute Gasteiger partial charge is 0.103 e. The predicted molar refractivity (Wildman–Crippen MR) is 206 cm³/mol. The molecule has 236 valence electrons. The van der Waals surface area contributed by atoms with E-state index in [1.807, 2.05) is 6.07 Å². The van der Waals surface area contributed by atoms with Gasteiger partial charge in [-0.05, 0) is 68.8 Å². The van der Waals surface area contributed by atoms with Gasteiger partial charge in [0, 0.05) is 23.3 Å². The van der Waals surface area contributed by atoms with Crippen LogP contribution in [0.15, 0.2) is 174 Å². The Labute approximate surface area is 292 Å². The van der Waals surface area contributed by atoms with Gasteiger partial charge < -0.3 is 0 Å². The molecular formula is C47H33N3. The van der Waals surface area contributed by atoms with Crippen molar-refractivity contribution in [1.82, 2.24) is 4.98 Å². The average Bonchev–Trinajstić information content (AvgIpc) is 3.20. The van der Waals surface area contributed by atoms with E-state index in [0.717, 1.165) is 50.8 Å². The molecule has 0 N–H and O–H groups in total. The van der Waals surface area contributed by atoms with Crippen LogP contribution in [0.3, 0.4) is 0 Å². The molecule has 0 saturated heterocycles. The summed E-state index contributed by atoms with van der Waals surface area (Å²) in [5, 5.41) is 0. The molecule has 0 fully saturated rings. The summed E-state index contributed by atoms with van der Waals surface area (Å²) < 4.78 is 0. The highest BCUT2D eigenvalue weighted by atomic mass is 14.9. The fourth-order valence-electron chi connectivity index (χ4n) is 8.09. The molecule has 3 nitrogen and oxygen atoms in total. The summed E-state index contributed by atoms with van der Waals surface area (Å²) >= 11 is 0. The highest BCUT2D eigenvalue weighted by molar-refractivity contribution is 6.10. The van der Waals surface area contributed by atoms with Gasteiger partial charge in [-0.25, -0.2) is 4.98 Å². The van der Waals surface area contributed by atoms with Crippen LogP contribution in [0.2, 0.25) is 0 Å². The number of aliphatic imine (C=N–C) groups is 2. The molecule has 2 aliphatic heterocycles. The number of hydrogen-bond donors (Lipinski definition) is 0. The fraction of sp³-hybridized carbons (Fsp3) is 0.0851. The minimum atomic E-state index is -0.0407. The van der Waals surface area contributed by atoms with Gasteiger partial charge in [-0.2, -0.15) is 0 Å². The van der Waals surface area contributed by atoms with E-state index < -0.39 is 0 Å². The van der Waals surface area contributed by atoms with Gasteiger partial charge in [-0.1, -0.05) is 152 Å². The van der Waals surface area contributed by atoms with Crippen molar-refractivity contribution in [3.63, 3.8) is 0 Å². The number of dihydropyridines is 1. The van der Waals surface area contributed by atoms with E-state index in [1.165, 1.54) is 27.8 Å². The maximum absolute atomic E-state index is 5.29. The minimum absolute atomic E-state index is 0.0407. The van der Waals surface area contributed by atoms with Crippen LogP contribution in [0.25, 0.3) is 34.5 Å². The summed E-state index contributed by atoms with van der Waals surface area (Å²) in [6, 6.07) is 49.7. The predicted octanol–water partition coefficient (Wildman–Crippen LogP) is 11.1. The first kappa shape index (κ1) is 28.8. The lowest BCUT2D eigenvalue weighted by molar-refractivity contribution is 0.592. The normalized spacial score (nSPS) is 20.8. The summed E-state index contributed by atoms with van der Waals surface area (Å²) in [4.78, 5) is 15.7. The molecule has 0 amide bonds. The molecule has 4 unspecified atom stereocenters.